The van der Waals surface area contributed by atoms with E-state index in [0.717, 1.165) is 32.5 Å². The molecular weight excluding hydrogens is 260 g/mol. The largest absolute Gasteiger partial charge is 0.309 e. The van der Waals surface area contributed by atoms with Gasteiger partial charge in [0.1, 0.15) is 0 Å². The summed E-state index contributed by atoms with van der Waals surface area (Å²) in [5, 5.41) is 8.49. The molecule has 1 aromatic rings. The maximum absolute atomic E-state index is 4.81. The van der Waals surface area contributed by atoms with E-state index >= 15 is 0 Å². The summed E-state index contributed by atoms with van der Waals surface area (Å²) in [5.74, 6) is 0. The number of nitrogens with zero attached hydrogens (tertiary/aromatic N) is 3. The van der Waals surface area contributed by atoms with Crippen LogP contribution < -0.4 is 5.32 Å². The van der Waals surface area contributed by atoms with Gasteiger partial charge >= 0.3 is 0 Å². The number of piperazine rings is 1. The fraction of sp³-hybridized carbons (Fsp3) is 0.824. The van der Waals surface area contributed by atoms with Gasteiger partial charge in [0.15, 0.2) is 0 Å². The molecule has 1 aromatic heterocycles. The maximum Gasteiger partial charge on any atom is 0.0765 e. The molecule has 1 N–H and O–H groups in total. The second kappa shape index (κ2) is 6.93. The summed E-state index contributed by atoms with van der Waals surface area (Å²) >= 11 is 0. The van der Waals surface area contributed by atoms with E-state index in [1.807, 2.05) is 0 Å². The molecule has 21 heavy (non-hydrogen) atoms. The van der Waals surface area contributed by atoms with Crippen LogP contribution in [-0.4, -0.2) is 39.4 Å². The van der Waals surface area contributed by atoms with Gasteiger partial charge in [0, 0.05) is 37.4 Å². The first-order valence-corrected chi connectivity index (χ1v) is 8.54. The van der Waals surface area contributed by atoms with E-state index in [0.29, 0.717) is 12.1 Å². The van der Waals surface area contributed by atoms with Crippen LogP contribution in [0.4, 0.5) is 0 Å². The van der Waals surface area contributed by atoms with Crippen LogP contribution in [0.2, 0.25) is 0 Å². The van der Waals surface area contributed by atoms with Crippen LogP contribution in [-0.2, 0) is 6.54 Å². The minimum Gasteiger partial charge on any atom is -0.309 e. The summed E-state index contributed by atoms with van der Waals surface area (Å²) in [5.41, 5.74) is 1.44. The molecule has 1 saturated heterocycles. The van der Waals surface area contributed by atoms with Gasteiger partial charge in [-0.3, -0.25) is 9.58 Å². The van der Waals surface area contributed by atoms with Crippen molar-refractivity contribution in [2.45, 2.75) is 78.0 Å². The zero-order chi connectivity index (χ0) is 15.5. The Bertz CT molecular complexity index is 438. The molecule has 0 bridgehead atoms. The van der Waals surface area contributed by atoms with Crippen molar-refractivity contribution in [3.05, 3.63) is 18.0 Å². The Morgan fingerprint density at radius 3 is 2.71 bits per heavy atom. The molecule has 4 nitrogen and oxygen atoms in total. The lowest BCUT2D eigenvalue weighted by Gasteiger charge is -2.44. The molecule has 0 saturated carbocycles. The summed E-state index contributed by atoms with van der Waals surface area (Å²) < 4.78 is 2.15. The highest BCUT2D eigenvalue weighted by Gasteiger charge is 2.32. The van der Waals surface area contributed by atoms with Gasteiger partial charge in [-0.2, -0.15) is 5.10 Å². The van der Waals surface area contributed by atoms with Gasteiger partial charge in [-0.15, -0.1) is 0 Å². The van der Waals surface area contributed by atoms with E-state index in [4.69, 9.17) is 5.10 Å². The Kier molecular flexibility index (Phi) is 5.44. The Morgan fingerprint density at radius 2 is 2.10 bits per heavy atom. The zero-order valence-corrected chi connectivity index (χ0v) is 14.4. The van der Waals surface area contributed by atoms with Crippen molar-refractivity contribution in [2.75, 3.05) is 13.1 Å². The lowest BCUT2D eigenvalue weighted by Crippen LogP contribution is -2.61. The summed E-state index contributed by atoms with van der Waals surface area (Å²) in [7, 11) is 0. The molecule has 2 atom stereocenters. The van der Waals surface area contributed by atoms with Crippen LogP contribution in [0.5, 0.6) is 0 Å². The van der Waals surface area contributed by atoms with Crippen molar-refractivity contribution in [3.8, 4) is 0 Å². The van der Waals surface area contributed by atoms with Gasteiger partial charge in [0.05, 0.1) is 11.7 Å². The first kappa shape index (κ1) is 16.5. The van der Waals surface area contributed by atoms with Crippen LogP contribution in [0.3, 0.4) is 0 Å². The second-order valence-corrected chi connectivity index (χ2v) is 6.81. The second-order valence-electron chi connectivity index (χ2n) is 6.81. The number of rotatable bonds is 6. The minimum absolute atomic E-state index is 0.241. The number of hydrogen-bond donors (Lipinski definition) is 1. The van der Waals surface area contributed by atoms with Crippen molar-refractivity contribution in [3.63, 3.8) is 0 Å². The molecule has 0 radical (unpaired) electrons. The van der Waals surface area contributed by atoms with Crippen molar-refractivity contribution < 1.29 is 0 Å². The third-order valence-electron chi connectivity index (χ3n) is 5.13. The maximum atomic E-state index is 4.81. The van der Waals surface area contributed by atoms with Gasteiger partial charge in [0.25, 0.3) is 0 Å². The molecule has 4 heteroatoms. The van der Waals surface area contributed by atoms with Crippen molar-refractivity contribution in [2.24, 2.45) is 0 Å². The summed E-state index contributed by atoms with van der Waals surface area (Å²) in [4.78, 5) is 2.57. The Labute approximate surface area is 129 Å². The molecule has 0 amide bonds. The lowest BCUT2D eigenvalue weighted by atomic mass is 9.94. The van der Waals surface area contributed by atoms with E-state index in [1.54, 1.807) is 0 Å². The Balaban J connectivity index is 2.03. The molecule has 1 aliphatic rings. The highest BCUT2D eigenvalue weighted by atomic mass is 15.3. The average molecular weight is 292 g/mol. The monoisotopic (exact) mass is 292 g/mol. The predicted octanol–water partition coefficient (Wildman–Crippen LogP) is 3.21. The van der Waals surface area contributed by atoms with Crippen LogP contribution >= 0.6 is 0 Å². The molecule has 1 aliphatic heterocycles. The molecule has 1 fully saturated rings. The first-order valence-electron chi connectivity index (χ1n) is 8.54. The molecule has 120 valence electrons. The molecule has 0 aromatic carbocycles. The summed E-state index contributed by atoms with van der Waals surface area (Å²) in [6, 6.07) is 3.30. The van der Waals surface area contributed by atoms with Gasteiger partial charge in [0.2, 0.25) is 0 Å². The smallest absolute Gasteiger partial charge is 0.0765 e. The number of hydrogen-bond acceptors (Lipinski definition) is 3. The lowest BCUT2D eigenvalue weighted by molar-refractivity contribution is 0.0852. The molecular formula is C17H32N4. The molecule has 0 spiro atoms. The van der Waals surface area contributed by atoms with Gasteiger partial charge in [-0.05, 0) is 39.2 Å². The van der Waals surface area contributed by atoms with E-state index in [-0.39, 0.29) is 5.54 Å². The van der Waals surface area contributed by atoms with Crippen LogP contribution in [0.25, 0.3) is 0 Å². The topological polar surface area (TPSA) is 33.1 Å². The standard InChI is InChI=1S/C17H32N4/c1-6-16(7-2)21-10-9-15(19-21)12-20-13-17(5,8-3)18-11-14(20)4/h9-10,14,16,18H,6-8,11-13H2,1-5H3. The Morgan fingerprint density at radius 1 is 1.38 bits per heavy atom. The van der Waals surface area contributed by atoms with E-state index in [2.05, 4.69) is 61.8 Å². The van der Waals surface area contributed by atoms with Gasteiger partial charge in [-0.25, -0.2) is 0 Å². The fourth-order valence-electron chi connectivity index (χ4n) is 3.17. The van der Waals surface area contributed by atoms with Crippen LogP contribution in [0, 0.1) is 0 Å². The summed E-state index contributed by atoms with van der Waals surface area (Å²) in [6.07, 6.45) is 5.61. The zero-order valence-electron chi connectivity index (χ0n) is 14.4. The van der Waals surface area contributed by atoms with E-state index in [1.165, 1.54) is 12.1 Å². The van der Waals surface area contributed by atoms with Gasteiger partial charge in [-0.1, -0.05) is 20.8 Å². The third-order valence-corrected chi connectivity index (χ3v) is 5.13. The van der Waals surface area contributed by atoms with Gasteiger partial charge < -0.3 is 5.32 Å². The average Bonchev–Trinajstić information content (AvgIpc) is 2.93. The fourth-order valence-corrected chi connectivity index (χ4v) is 3.17. The normalized spacial score (nSPS) is 27.4. The highest BCUT2D eigenvalue weighted by Crippen LogP contribution is 2.21. The number of aromatic nitrogens is 2. The highest BCUT2D eigenvalue weighted by molar-refractivity contribution is 5.02. The van der Waals surface area contributed by atoms with Crippen LogP contribution in [0.15, 0.2) is 12.3 Å². The quantitative estimate of drug-likeness (QED) is 0.874. The summed E-state index contributed by atoms with van der Waals surface area (Å²) in [6.45, 7) is 14.5. The van der Waals surface area contributed by atoms with Crippen molar-refractivity contribution in [1.29, 1.82) is 0 Å². The van der Waals surface area contributed by atoms with E-state index < -0.39 is 0 Å². The van der Waals surface area contributed by atoms with Crippen LogP contribution in [0.1, 0.15) is 65.6 Å². The first-order chi connectivity index (χ1) is 10.0. The number of nitrogens with one attached hydrogen (secondary N) is 1. The Hall–Kier alpha value is -0.870. The molecule has 0 aliphatic carbocycles. The van der Waals surface area contributed by atoms with Crippen molar-refractivity contribution >= 4 is 0 Å². The SMILES string of the molecule is CCC(CC)n1ccc(CN2CC(C)(CC)NCC2C)n1. The molecule has 2 rings (SSSR count). The third kappa shape index (κ3) is 3.86. The molecule has 2 heterocycles. The van der Waals surface area contributed by atoms with Crippen molar-refractivity contribution in [1.82, 2.24) is 20.0 Å². The molecule has 2 unspecified atom stereocenters. The predicted molar refractivity (Wildman–Crippen MR) is 88.4 cm³/mol. The minimum atomic E-state index is 0.241. The van der Waals surface area contributed by atoms with E-state index in [9.17, 15) is 0 Å².